The fourth-order valence-corrected chi connectivity index (χ4v) is 2.68. The monoisotopic (exact) mass is 271 g/mol. The molecule has 1 aliphatic heterocycles. The Labute approximate surface area is 104 Å². The maximum absolute atomic E-state index is 11.2. The molecule has 1 atom stereocenters. The van der Waals surface area contributed by atoms with Crippen LogP contribution in [0.2, 0.25) is 0 Å². The first kappa shape index (κ1) is 16.1. The predicted molar refractivity (Wildman–Crippen MR) is 68.1 cm³/mol. The van der Waals surface area contributed by atoms with Crippen molar-refractivity contribution in [2.45, 2.75) is 26.2 Å². The van der Waals surface area contributed by atoms with E-state index in [4.69, 9.17) is 0 Å². The van der Waals surface area contributed by atoms with Gasteiger partial charge in [-0.3, -0.25) is 0 Å². The van der Waals surface area contributed by atoms with Crippen molar-refractivity contribution in [1.29, 1.82) is 0 Å². The number of rotatable bonds is 6. The van der Waals surface area contributed by atoms with Crippen LogP contribution >= 0.6 is 12.4 Å². The molecule has 0 amide bonds. The van der Waals surface area contributed by atoms with Crippen LogP contribution in [0.4, 0.5) is 0 Å². The van der Waals surface area contributed by atoms with Crippen molar-refractivity contribution in [3.05, 3.63) is 0 Å². The molecular formula is C9H22ClN3O2S. The standard InChI is InChI=1S/C9H21N3O2S.ClH/c1-2-11-15(13,14)12-7-5-9-4-3-6-10-8-9;/h9-12H,2-8H2,1H3;1H. The first-order valence-electron chi connectivity index (χ1n) is 5.59. The van der Waals surface area contributed by atoms with Crippen LogP contribution < -0.4 is 14.8 Å². The minimum Gasteiger partial charge on any atom is -0.316 e. The summed E-state index contributed by atoms with van der Waals surface area (Å²) in [6, 6.07) is 0. The van der Waals surface area contributed by atoms with Gasteiger partial charge in [-0.05, 0) is 38.3 Å². The average Bonchev–Trinajstić information content (AvgIpc) is 2.19. The SMILES string of the molecule is CCNS(=O)(=O)NCCC1CCCNC1.Cl. The molecule has 16 heavy (non-hydrogen) atoms. The van der Waals surface area contributed by atoms with E-state index in [1.165, 1.54) is 12.8 Å². The van der Waals surface area contributed by atoms with E-state index in [1.54, 1.807) is 6.92 Å². The molecule has 5 nitrogen and oxygen atoms in total. The summed E-state index contributed by atoms with van der Waals surface area (Å²) in [6.45, 7) is 4.84. The molecule has 98 valence electrons. The van der Waals surface area contributed by atoms with E-state index in [0.29, 0.717) is 19.0 Å². The number of piperidine rings is 1. The van der Waals surface area contributed by atoms with Crippen molar-refractivity contribution < 1.29 is 8.42 Å². The third-order valence-corrected chi connectivity index (χ3v) is 3.83. The molecule has 0 aromatic heterocycles. The van der Waals surface area contributed by atoms with Gasteiger partial charge in [0.1, 0.15) is 0 Å². The Bertz CT molecular complexity index is 266. The lowest BCUT2D eigenvalue weighted by Gasteiger charge is -2.22. The lowest BCUT2D eigenvalue weighted by atomic mass is 9.96. The van der Waals surface area contributed by atoms with Crippen molar-refractivity contribution in [3.8, 4) is 0 Å². The van der Waals surface area contributed by atoms with E-state index < -0.39 is 10.2 Å². The first-order valence-corrected chi connectivity index (χ1v) is 7.07. The molecule has 0 bridgehead atoms. The number of hydrogen-bond acceptors (Lipinski definition) is 3. The van der Waals surface area contributed by atoms with Gasteiger partial charge in [-0.2, -0.15) is 8.42 Å². The Balaban J connectivity index is 0.00000225. The molecular weight excluding hydrogens is 250 g/mol. The quantitative estimate of drug-likeness (QED) is 0.648. The largest absolute Gasteiger partial charge is 0.316 e. The molecule has 0 aliphatic carbocycles. The molecule has 0 radical (unpaired) electrons. The van der Waals surface area contributed by atoms with Crippen LogP contribution in [-0.4, -0.2) is 34.6 Å². The average molecular weight is 272 g/mol. The highest BCUT2D eigenvalue weighted by atomic mass is 35.5. The maximum Gasteiger partial charge on any atom is 0.276 e. The van der Waals surface area contributed by atoms with Crippen LogP contribution in [0.3, 0.4) is 0 Å². The molecule has 1 aliphatic rings. The minimum atomic E-state index is -3.25. The lowest BCUT2D eigenvalue weighted by Crippen LogP contribution is -2.38. The molecule has 1 unspecified atom stereocenters. The van der Waals surface area contributed by atoms with Gasteiger partial charge in [-0.15, -0.1) is 12.4 Å². The van der Waals surface area contributed by atoms with Gasteiger partial charge in [0.25, 0.3) is 10.2 Å². The van der Waals surface area contributed by atoms with E-state index in [1.807, 2.05) is 0 Å². The summed E-state index contributed by atoms with van der Waals surface area (Å²) in [5.74, 6) is 0.614. The third kappa shape index (κ3) is 6.65. The molecule has 1 rings (SSSR count). The van der Waals surface area contributed by atoms with E-state index in [0.717, 1.165) is 19.5 Å². The highest BCUT2D eigenvalue weighted by Gasteiger charge is 2.14. The molecule has 7 heteroatoms. The first-order chi connectivity index (χ1) is 7.14. The summed E-state index contributed by atoms with van der Waals surface area (Å²) in [7, 11) is -3.25. The van der Waals surface area contributed by atoms with Crippen LogP contribution in [0.1, 0.15) is 26.2 Å². The summed E-state index contributed by atoms with van der Waals surface area (Å²) in [5, 5.41) is 3.31. The van der Waals surface area contributed by atoms with Crippen molar-refractivity contribution in [1.82, 2.24) is 14.8 Å². The minimum absolute atomic E-state index is 0. The van der Waals surface area contributed by atoms with E-state index in [9.17, 15) is 8.42 Å². The zero-order valence-electron chi connectivity index (χ0n) is 9.66. The predicted octanol–water partition coefficient (Wildman–Crippen LogP) is 0.242. The number of hydrogen-bond donors (Lipinski definition) is 3. The van der Waals surface area contributed by atoms with E-state index >= 15 is 0 Å². The third-order valence-electron chi connectivity index (χ3n) is 2.58. The molecule has 1 heterocycles. The van der Waals surface area contributed by atoms with Crippen LogP contribution in [0.25, 0.3) is 0 Å². The van der Waals surface area contributed by atoms with E-state index in [2.05, 4.69) is 14.8 Å². The molecule has 3 N–H and O–H groups in total. The maximum atomic E-state index is 11.2. The fraction of sp³-hybridized carbons (Fsp3) is 1.00. The zero-order chi connectivity index (χ0) is 11.1. The van der Waals surface area contributed by atoms with Crippen molar-refractivity contribution in [2.24, 2.45) is 5.92 Å². The Morgan fingerprint density at radius 3 is 2.69 bits per heavy atom. The van der Waals surface area contributed by atoms with Crippen LogP contribution in [0.15, 0.2) is 0 Å². The fourth-order valence-electron chi connectivity index (χ4n) is 1.81. The molecule has 0 saturated carbocycles. The zero-order valence-corrected chi connectivity index (χ0v) is 11.3. The Morgan fingerprint density at radius 1 is 1.38 bits per heavy atom. The van der Waals surface area contributed by atoms with Gasteiger partial charge in [-0.25, -0.2) is 9.44 Å². The second-order valence-corrected chi connectivity index (χ2v) is 5.48. The van der Waals surface area contributed by atoms with Gasteiger partial charge in [0.05, 0.1) is 0 Å². The van der Waals surface area contributed by atoms with Crippen LogP contribution in [0.5, 0.6) is 0 Å². The highest BCUT2D eigenvalue weighted by molar-refractivity contribution is 7.87. The lowest BCUT2D eigenvalue weighted by molar-refractivity contribution is 0.358. The molecule has 0 spiro atoms. The molecule has 1 fully saturated rings. The second kappa shape index (κ2) is 8.25. The highest BCUT2D eigenvalue weighted by Crippen LogP contribution is 2.12. The van der Waals surface area contributed by atoms with Gasteiger partial charge < -0.3 is 5.32 Å². The topological polar surface area (TPSA) is 70.2 Å². The van der Waals surface area contributed by atoms with Crippen molar-refractivity contribution in [3.63, 3.8) is 0 Å². The van der Waals surface area contributed by atoms with Crippen LogP contribution in [-0.2, 0) is 10.2 Å². The smallest absolute Gasteiger partial charge is 0.276 e. The molecule has 1 saturated heterocycles. The van der Waals surface area contributed by atoms with Gasteiger partial charge in [0, 0.05) is 13.1 Å². The number of halogens is 1. The van der Waals surface area contributed by atoms with Gasteiger partial charge >= 0.3 is 0 Å². The van der Waals surface area contributed by atoms with Gasteiger partial charge in [0.15, 0.2) is 0 Å². The van der Waals surface area contributed by atoms with Crippen molar-refractivity contribution >= 4 is 22.6 Å². The van der Waals surface area contributed by atoms with Crippen molar-refractivity contribution in [2.75, 3.05) is 26.2 Å². The Morgan fingerprint density at radius 2 is 2.12 bits per heavy atom. The summed E-state index contributed by atoms with van der Waals surface area (Å²) >= 11 is 0. The van der Waals surface area contributed by atoms with Gasteiger partial charge in [0.2, 0.25) is 0 Å². The summed E-state index contributed by atoms with van der Waals surface area (Å²) < 4.78 is 27.4. The Hall–Kier alpha value is 0.120. The second-order valence-electron chi connectivity index (χ2n) is 3.90. The number of nitrogens with one attached hydrogen (secondary N) is 3. The summed E-state index contributed by atoms with van der Waals surface area (Å²) in [4.78, 5) is 0. The molecule has 0 aromatic carbocycles. The summed E-state index contributed by atoms with van der Waals surface area (Å²) in [5.41, 5.74) is 0. The normalized spacial score (nSPS) is 21.4. The summed E-state index contributed by atoms with van der Waals surface area (Å²) in [6.07, 6.45) is 3.32. The van der Waals surface area contributed by atoms with E-state index in [-0.39, 0.29) is 12.4 Å². The van der Waals surface area contributed by atoms with Crippen LogP contribution in [0, 0.1) is 5.92 Å². The molecule has 0 aromatic rings. The Kier molecular flexibility index (Phi) is 8.31. The van der Waals surface area contributed by atoms with Gasteiger partial charge in [-0.1, -0.05) is 6.92 Å².